The van der Waals surface area contributed by atoms with Crippen molar-refractivity contribution in [3.8, 4) is 90.3 Å². The maximum absolute atomic E-state index is 6.77. The normalized spacial score (nSPS) is 12.0. The van der Waals surface area contributed by atoms with Gasteiger partial charge in [0, 0.05) is 55.4 Å². The molecule has 13 heterocycles. The fourth-order valence-corrected chi connectivity index (χ4v) is 20.7. The van der Waals surface area contributed by atoms with Crippen LogP contribution in [0, 0.1) is 0 Å². The van der Waals surface area contributed by atoms with Crippen molar-refractivity contribution in [1.82, 2.24) is 66.4 Å². The van der Waals surface area contributed by atoms with Gasteiger partial charge >= 0.3 is 0 Å². The third-order valence-corrected chi connectivity index (χ3v) is 26.6. The van der Waals surface area contributed by atoms with Gasteiger partial charge in [0.1, 0.15) is 33.6 Å². The SMILES string of the molecule is c1ccc(-c2cc(-c3ccccc3)nc(-c3cccc4c3oc3cccc(-n5c6ccccc6n6c7ccccc7nc56)c34)c2)cc1.c1ccc(-c2cc(-c3ccccc3)nc(-c3cccc4c3oc3cccc(-n5c6ccccc6n6c7ccccc7nc56)c34)n2)cc1.c1ccc2c(c1)nc1n(-c3cccc4oc5c(-n6c7ccccc7c7cccnc76)cccc5c34)c3ccccc3n21. The first kappa shape index (κ1) is 76.0. The predicted molar refractivity (Wildman–Crippen MR) is 549 cm³/mol. The number of para-hydroxylation sites is 16. The Balaban J connectivity index is 0.000000101. The van der Waals surface area contributed by atoms with Gasteiger partial charge in [-0.15, -0.1) is 0 Å². The number of hydrogen-bond donors (Lipinski definition) is 0. The molecular formula is C119H72N14O3. The molecule has 0 N–H and O–H groups in total. The van der Waals surface area contributed by atoms with Crippen LogP contribution < -0.4 is 0 Å². The molecule has 136 heavy (non-hydrogen) atoms. The molecule has 30 aromatic rings. The molecule has 17 nitrogen and oxygen atoms in total. The van der Waals surface area contributed by atoms with Crippen LogP contribution >= 0.6 is 0 Å². The molecule has 0 spiro atoms. The number of aromatic nitrogens is 14. The molecule has 17 aromatic carbocycles. The fraction of sp³-hybridized carbons (Fsp3) is 0. The van der Waals surface area contributed by atoms with Crippen molar-refractivity contribution in [2.75, 3.05) is 0 Å². The van der Waals surface area contributed by atoms with Crippen LogP contribution in [-0.4, -0.2) is 66.4 Å². The van der Waals surface area contributed by atoms with Gasteiger partial charge in [0.05, 0.1) is 139 Å². The van der Waals surface area contributed by atoms with Gasteiger partial charge in [-0.1, -0.05) is 267 Å². The summed E-state index contributed by atoms with van der Waals surface area (Å²) in [7, 11) is 0. The Kier molecular flexibility index (Phi) is 17.0. The van der Waals surface area contributed by atoms with E-state index < -0.39 is 0 Å². The van der Waals surface area contributed by atoms with E-state index in [4.69, 9.17) is 48.1 Å². The topological polar surface area (TPSA) is 163 Å². The highest BCUT2D eigenvalue weighted by Crippen LogP contribution is 2.47. The molecule has 17 heteroatoms. The van der Waals surface area contributed by atoms with Crippen LogP contribution in [0.2, 0.25) is 0 Å². The van der Waals surface area contributed by atoms with Crippen molar-refractivity contribution in [1.29, 1.82) is 0 Å². The van der Waals surface area contributed by atoms with Crippen molar-refractivity contribution in [2.45, 2.75) is 0 Å². The van der Waals surface area contributed by atoms with Crippen molar-refractivity contribution >= 4 is 171 Å². The van der Waals surface area contributed by atoms with E-state index in [-0.39, 0.29) is 0 Å². The van der Waals surface area contributed by atoms with Gasteiger partial charge < -0.3 is 13.3 Å². The van der Waals surface area contributed by atoms with Crippen LogP contribution in [0.3, 0.4) is 0 Å². The Morgan fingerprint density at radius 3 is 1.01 bits per heavy atom. The molecule has 0 saturated heterocycles. The minimum atomic E-state index is 0.615. The van der Waals surface area contributed by atoms with E-state index in [0.717, 1.165) is 250 Å². The monoisotopic (exact) mass is 1740 g/mol. The Morgan fingerprint density at radius 2 is 0.537 bits per heavy atom. The number of fused-ring (bicyclic) bond motifs is 27. The third-order valence-electron chi connectivity index (χ3n) is 26.6. The molecule has 0 fully saturated rings. The lowest BCUT2D eigenvalue weighted by atomic mass is 9.99. The van der Waals surface area contributed by atoms with Crippen LogP contribution in [0.15, 0.2) is 450 Å². The van der Waals surface area contributed by atoms with Gasteiger partial charge in [-0.25, -0.2) is 34.9 Å². The first-order valence-corrected chi connectivity index (χ1v) is 45.4. The third kappa shape index (κ3) is 11.8. The van der Waals surface area contributed by atoms with E-state index in [0.29, 0.717) is 5.82 Å². The molecule has 0 bridgehead atoms. The average Bonchev–Trinajstić information content (AvgIpc) is 1.55. The molecule has 0 radical (unpaired) electrons. The number of furan rings is 3. The lowest BCUT2D eigenvalue weighted by molar-refractivity contribution is 0.666. The molecule has 0 saturated carbocycles. The molecule has 0 aliphatic rings. The Hall–Kier alpha value is -18.9. The molecule has 0 amide bonds. The summed E-state index contributed by atoms with van der Waals surface area (Å²) in [6.07, 6.45) is 1.85. The summed E-state index contributed by atoms with van der Waals surface area (Å²) in [5.74, 6) is 3.22. The minimum Gasteiger partial charge on any atom is -0.455 e. The Labute approximate surface area is 773 Å². The number of pyridine rings is 2. The van der Waals surface area contributed by atoms with Gasteiger partial charge in [0.15, 0.2) is 11.4 Å². The van der Waals surface area contributed by atoms with Crippen LogP contribution in [0.4, 0.5) is 0 Å². The molecule has 0 atom stereocenters. The molecule has 13 aromatic heterocycles. The maximum Gasteiger partial charge on any atom is 0.220 e. The van der Waals surface area contributed by atoms with E-state index >= 15 is 0 Å². The standard InChI is InChI=1S/C42H26N4O.C41H25N5O.C36H21N5O/c1-3-13-27(14-4-1)29-25-33(28-15-5-2-6-16-28)43-34(26-29)30-17-11-18-31-40-38(23-12-24-39(40)47-41(30)31)46-37-22-10-9-21-36(37)45-35-20-8-7-19-32(35)44-42(45)46;1-3-13-26(14-4-1)31-25-32(27-15-5-2-6-16-27)43-40(42-31)29-18-11-17-28-38-36(23-12-24-37(38)47-39(28)29)46-35-22-10-9-21-34(35)45-33-20-8-7-19-30(33)44-41(45)46;1-3-14-26-22(10-1)23-12-9-21-37-35(23)39(26)31-19-7-11-24-33-30(18-8-20-32(33)42-34(24)31)41-29-17-6-5-16-28(29)40-27-15-4-2-13-25(27)38-36(40)41/h1-26H;1-25H;1-21H. The lowest BCUT2D eigenvalue weighted by Gasteiger charge is -2.11. The van der Waals surface area contributed by atoms with Crippen molar-refractivity contribution in [2.24, 2.45) is 0 Å². The summed E-state index contributed by atoms with van der Waals surface area (Å²) in [6, 6.07) is 148. The molecule has 30 rings (SSSR count). The number of nitrogens with zero attached hydrogens (tertiary/aromatic N) is 14. The minimum absolute atomic E-state index is 0.615. The summed E-state index contributed by atoms with van der Waals surface area (Å²) in [5, 5.41) is 8.48. The second-order valence-corrected chi connectivity index (χ2v) is 34.2. The van der Waals surface area contributed by atoms with E-state index in [9.17, 15) is 0 Å². The molecule has 0 unspecified atom stereocenters. The predicted octanol–water partition coefficient (Wildman–Crippen LogP) is 29.7. The van der Waals surface area contributed by atoms with Gasteiger partial charge in [0.2, 0.25) is 17.3 Å². The smallest absolute Gasteiger partial charge is 0.220 e. The van der Waals surface area contributed by atoms with E-state index in [1.165, 1.54) is 5.39 Å². The largest absolute Gasteiger partial charge is 0.455 e. The van der Waals surface area contributed by atoms with E-state index in [1.807, 2.05) is 97.2 Å². The highest BCUT2D eigenvalue weighted by molar-refractivity contribution is 6.18. The number of imidazole rings is 6. The zero-order chi connectivity index (χ0) is 89.2. The molecule has 0 aliphatic heterocycles. The fourth-order valence-electron chi connectivity index (χ4n) is 20.7. The first-order chi connectivity index (χ1) is 67.5. The van der Waals surface area contributed by atoms with Gasteiger partial charge in [0.25, 0.3) is 0 Å². The van der Waals surface area contributed by atoms with Crippen molar-refractivity contribution < 1.29 is 13.3 Å². The maximum atomic E-state index is 6.77. The van der Waals surface area contributed by atoms with Gasteiger partial charge in [-0.3, -0.25) is 31.5 Å². The lowest BCUT2D eigenvalue weighted by Crippen LogP contribution is -1.96. The second kappa shape index (κ2) is 30.4. The van der Waals surface area contributed by atoms with Crippen LogP contribution in [0.25, 0.3) is 262 Å². The van der Waals surface area contributed by atoms with Crippen LogP contribution in [-0.2, 0) is 0 Å². The molecular weight excluding hydrogens is 1670 g/mol. The quantitative estimate of drug-likeness (QED) is 0.129. The number of hydrogen-bond acceptors (Lipinski definition) is 10. The van der Waals surface area contributed by atoms with E-state index in [2.05, 4.69) is 371 Å². The van der Waals surface area contributed by atoms with Crippen molar-refractivity contribution in [3.05, 3.63) is 437 Å². The zero-order valence-electron chi connectivity index (χ0n) is 72.6. The Morgan fingerprint density at radius 1 is 0.199 bits per heavy atom. The zero-order valence-corrected chi connectivity index (χ0v) is 72.6. The highest BCUT2D eigenvalue weighted by atomic mass is 16.3. The first-order valence-electron chi connectivity index (χ1n) is 45.4. The molecule has 0 aliphatic carbocycles. The van der Waals surface area contributed by atoms with E-state index in [1.54, 1.807) is 0 Å². The van der Waals surface area contributed by atoms with Gasteiger partial charge in [-0.05, 0) is 175 Å². The van der Waals surface area contributed by atoms with Crippen molar-refractivity contribution in [3.63, 3.8) is 0 Å². The summed E-state index contributed by atoms with van der Waals surface area (Å²) in [4.78, 5) is 35.6. The van der Waals surface area contributed by atoms with Gasteiger partial charge in [-0.2, -0.15) is 0 Å². The Bertz CT molecular complexity index is 9550. The highest BCUT2D eigenvalue weighted by Gasteiger charge is 2.29. The summed E-state index contributed by atoms with van der Waals surface area (Å²) >= 11 is 0. The molecule has 636 valence electrons. The van der Waals surface area contributed by atoms with Crippen LogP contribution in [0.1, 0.15) is 0 Å². The number of rotatable bonds is 10. The second-order valence-electron chi connectivity index (χ2n) is 34.2. The summed E-state index contributed by atoms with van der Waals surface area (Å²) in [6.45, 7) is 0. The summed E-state index contributed by atoms with van der Waals surface area (Å²) < 4.78 is 36.0. The number of benzene rings is 17. The van der Waals surface area contributed by atoms with Crippen LogP contribution in [0.5, 0.6) is 0 Å². The summed E-state index contributed by atoms with van der Waals surface area (Å²) in [5.41, 5.74) is 34.3. The average molecular weight is 1750 g/mol.